The van der Waals surface area contributed by atoms with Gasteiger partial charge in [0.15, 0.2) is 0 Å². The summed E-state index contributed by atoms with van der Waals surface area (Å²) in [6.45, 7) is 5.29. The monoisotopic (exact) mass is 266 g/mol. The number of carbonyl (C=O) groups excluding carboxylic acids is 1. The molecular formula is C15H23FN2O. The Morgan fingerprint density at radius 3 is 2.68 bits per heavy atom. The number of anilines is 1. The fourth-order valence-electron chi connectivity index (χ4n) is 1.96. The van der Waals surface area contributed by atoms with E-state index in [1.807, 2.05) is 6.92 Å². The first-order valence-corrected chi connectivity index (χ1v) is 6.89. The van der Waals surface area contributed by atoms with Gasteiger partial charge in [-0.15, -0.1) is 0 Å². The fraction of sp³-hybridized carbons (Fsp3) is 0.533. The van der Waals surface area contributed by atoms with Crippen LogP contribution in [0.4, 0.5) is 10.1 Å². The highest BCUT2D eigenvalue weighted by atomic mass is 19.1. The second kappa shape index (κ2) is 7.77. The van der Waals surface area contributed by atoms with Crippen LogP contribution in [0.1, 0.15) is 43.5 Å². The van der Waals surface area contributed by atoms with Crippen molar-refractivity contribution in [2.75, 3.05) is 25.5 Å². The van der Waals surface area contributed by atoms with E-state index in [2.05, 4.69) is 12.2 Å². The SMILES string of the molecule is CCCCCN(C)C(=O)c1cccc(F)c1NCC. The van der Waals surface area contributed by atoms with Crippen LogP contribution < -0.4 is 5.32 Å². The lowest BCUT2D eigenvalue weighted by Gasteiger charge is -2.19. The van der Waals surface area contributed by atoms with E-state index in [0.29, 0.717) is 24.3 Å². The first-order valence-electron chi connectivity index (χ1n) is 6.89. The Hall–Kier alpha value is -1.58. The zero-order valence-electron chi connectivity index (χ0n) is 12.0. The molecular weight excluding hydrogens is 243 g/mol. The highest BCUT2D eigenvalue weighted by Gasteiger charge is 2.17. The van der Waals surface area contributed by atoms with Crippen LogP contribution in [0.15, 0.2) is 18.2 Å². The third-order valence-electron chi connectivity index (χ3n) is 3.04. The summed E-state index contributed by atoms with van der Waals surface area (Å²) in [6, 6.07) is 4.61. The summed E-state index contributed by atoms with van der Waals surface area (Å²) >= 11 is 0. The van der Waals surface area contributed by atoms with Crippen LogP contribution in [0.25, 0.3) is 0 Å². The Morgan fingerprint density at radius 1 is 1.32 bits per heavy atom. The number of para-hydroxylation sites is 1. The molecule has 0 unspecified atom stereocenters. The van der Waals surface area contributed by atoms with Gasteiger partial charge in [-0.05, 0) is 25.5 Å². The van der Waals surface area contributed by atoms with Crippen LogP contribution in [-0.2, 0) is 0 Å². The first-order chi connectivity index (χ1) is 9.11. The molecule has 1 aromatic carbocycles. The molecule has 4 heteroatoms. The minimum atomic E-state index is -0.380. The van der Waals surface area contributed by atoms with E-state index < -0.39 is 0 Å². The lowest BCUT2D eigenvalue weighted by atomic mass is 10.1. The molecule has 0 saturated carbocycles. The minimum Gasteiger partial charge on any atom is -0.382 e. The van der Waals surface area contributed by atoms with Crippen molar-refractivity contribution in [2.24, 2.45) is 0 Å². The molecule has 0 fully saturated rings. The van der Waals surface area contributed by atoms with E-state index in [0.717, 1.165) is 19.3 Å². The molecule has 1 rings (SSSR count). The maximum Gasteiger partial charge on any atom is 0.255 e. The summed E-state index contributed by atoms with van der Waals surface area (Å²) < 4.78 is 13.7. The van der Waals surface area contributed by atoms with Crippen LogP contribution in [0.3, 0.4) is 0 Å². The van der Waals surface area contributed by atoms with Gasteiger partial charge in [0, 0.05) is 20.1 Å². The molecule has 0 saturated heterocycles. The minimum absolute atomic E-state index is 0.133. The summed E-state index contributed by atoms with van der Waals surface area (Å²) in [5, 5.41) is 2.92. The Bertz CT molecular complexity index is 421. The topological polar surface area (TPSA) is 32.3 Å². The molecule has 19 heavy (non-hydrogen) atoms. The summed E-state index contributed by atoms with van der Waals surface area (Å²) in [4.78, 5) is 14.0. The number of rotatable bonds is 7. The van der Waals surface area contributed by atoms with Gasteiger partial charge < -0.3 is 10.2 Å². The standard InChI is InChI=1S/C15H23FN2O/c1-4-6-7-11-18(3)15(19)12-9-8-10-13(16)14(12)17-5-2/h8-10,17H,4-7,11H2,1-3H3. The predicted octanol–water partition coefficient (Wildman–Crippen LogP) is 3.52. The predicted molar refractivity (Wildman–Crippen MR) is 77.0 cm³/mol. The first kappa shape index (κ1) is 15.5. The Kier molecular flexibility index (Phi) is 6.33. The van der Waals surface area contributed by atoms with Gasteiger partial charge >= 0.3 is 0 Å². The van der Waals surface area contributed by atoms with Crippen molar-refractivity contribution in [3.8, 4) is 0 Å². The fourth-order valence-corrected chi connectivity index (χ4v) is 1.96. The third kappa shape index (κ3) is 4.23. The number of halogens is 1. The quantitative estimate of drug-likeness (QED) is 0.766. The van der Waals surface area contributed by atoms with Crippen molar-refractivity contribution in [3.05, 3.63) is 29.6 Å². The normalized spacial score (nSPS) is 10.3. The van der Waals surface area contributed by atoms with Crippen LogP contribution in [-0.4, -0.2) is 30.9 Å². The smallest absolute Gasteiger partial charge is 0.255 e. The molecule has 1 amide bonds. The van der Waals surface area contributed by atoms with Crippen LogP contribution in [0, 0.1) is 5.82 Å². The number of nitrogens with one attached hydrogen (secondary N) is 1. The van der Waals surface area contributed by atoms with Crippen molar-refractivity contribution in [1.29, 1.82) is 0 Å². The van der Waals surface area contributed by atoms with Gasteiger partial charge in [-0.25, -0.2) is 4.39 Å². The molecule has 0 radical (unpaired) electrons. The molecule has 0 aromatic heterocycles. The van der Waals surface area contributed by atoms with Gasteiger partial charge in [0.05, 0.1) is 11.3 Å². The maximum absolute atomic E-state index is 13.7. The highest BCUT2D eigenvalue weighted by molar-refractivity contribution is 5.99. The number of carbonyl (C=O) groups is 1. The average molecular weight is 266 g/mol. The van der Waals surface area contributed by atoms with Crippen molar-refractivity contribution >= 4 is 11.6 Å². The largest absolute Gasteiger partial charge is 0.382 e. The summed E-state index contributed by atoms with van der Waals surface area (Å²) in [5.74, 6) is -0.513. The van der Waals surface area contributed by atoms with Crippen molar-refractivity contribution in [1.82, 2.24) is 4.90 Å². The molecule has 0 aliphatic carbocycles. The van der Waals surface area contributed by atoms with Gasteiger partial charge in [-0.2, -0.15) is 0 Å². The van der Waals surface area contributed by atoms with Gasteiger partial charge in [0.2, 0.25) is 0 Å². The average Bonchev–Trinajstić information content (AvgIpc) is 2.40. The lowest BCUT2D eigenvalue weighted by molar-refractivity contribution is 0.0793. The summed E-state index contributed by atoms with van der Waals surface area (Å²) in [7, 11) is 1.76. The Morgan fingerprint density at radius 2 is 2.05 bits per heavy atom. The zero-order chi connectivity index (χ0) is 14.3. The molecule has 106 valence electrons. The van der Waals surface area contributed by atoms with Gasteiger partial charge in [-0.3, -0.25) is 4.79 Å². The number of hydrogen-bond acceptors (Lipinski definition) is 2. The Balaban J connectivity index is 2.83. The van der Waals surface area contributed by atoms with E-state index in [4.69, 9.17) is 0 Å². The number of nitrogens with zero attached hydrogens (tertiary/aromatic N) is 1. The van der Waals surface area contributed by atoms with Crippen LogP contribution in [0.5, 0.6) is 0 Å². The third-order valence-corrected chi connectivity index (χ3v) is 3.04. The van der Waals surface area contributed by atoms with Crippen LogP contribution in [0.2, 0.25) is 0 Å². The molecule has 0 bridgehead atoms. The van der Waals surface area contributed by atoms with Crippen molar-refractivity contribution < 1.29 is 9.18 Å². The molecule has 3 nitrogen and oxygen atoms in total. The van der Waals surface area contributed by atoms with Crippen LogP contribution >= 0.6 is 0 Å². The zero-order valence-corrected chi connectivity index (χ0v) is 12.0. The Labute approximate surface area is 114 Å². The number of unbranched alkanes of at least 4 members (excludes halogenated alkanes) is 2. The molecule has 0 aliphatic heterocycles. The molecule has 0 atom stereocenters. The van der Waals surface area contributed by atoms with E-state index in [9.17, 15) is 9.18 Å². The molecule has 1 aromatic rings. The van der Waals surface area contributed by atoms with E-state index in [1.54, 1.807) is 24.1 Å². The second-order valence-electron chi connectivity index (χ2n) is 4.63. The highest BCUT2D eigenvalue weighted by Crippen LogP contribution is 2.21. The summed E-state index contributed by atoms with van der Waals surface area (Å²) in [6.07, 6.45) is 3.19. The van der Waals surface area contributed by atoms with E-state index in [1.165, 1.54) is 6.07 Å². The van der Waals surface area contributed by atoms with Gasteiger partial charge in [0.1, 0.15) is 5.82 Å². The van der Waals surface area contributed by atoms with E-state index in [-0.39, 0.29) is 11.7 Å². The molecule has 0 aliphatic rings. The number of benzene rings is 1. The van der Waals surface area contributed by atoms with E-state index >= 15 is 0 Å². The second-order valence-corrected chi connectivity index (χ2v) is 4.63. The van der Waals surface area contributed by atoms with Crippen molar-refractivity contribution in [3.63, 3.8) is 0 Å². The van der Waals surface area contributed by atoms with Gasteiger partial charge in [-0.1, -0.05) is 25.8 Å². The molecule has 1 N–H and O–H groups in total. The maximum atomic E-state index is 13.7. The molecule has 0 heterocycles. The van der Waals surface area contributed by atoms with Gasteiger partial charge in [0.25, 0.3) is 5.91 Å². The molecule has 0 spiro atoms. The summed E-state index contributed by atoms with van der Waals surface area (Å²) in [5.41, 5.74) is 0.707. The number of hydrogen-bond donors (Lipinski definition) is 1. The van der Waals surface area contributed by atoms with Crippen molar-refractivity contribution in [2.45, 2.75) is 33.1 Å². The number of amides is 1. The lowest BCUT2D eigenvalue weighted by Crippen LogP contribution is -2.28.